The summed E-state index contributed by atoms with van der Waals surface area (Å²) in [5, 5.41) is 0. The Bertz CT molecular complexity index is 425. The highest BCUT2D eigenvalue weighted by molar-refractivity contribution is 7.98. The Balaban J connectivity index is 2.17. The molecule has 104 valence electrons. The first kappa shape index (κ1) is 14.8. The lowest BCUT2D eigenvalue weighted by Crippen LogP contribution is -2.48. The maximum atomic E-state index is 5.98. The van der Waals surface area contributed by atoms with E-state index >= 15 is 0 Å². The predicted octanol–water partition coefficient (Wildman–Crippen LogP) is 1.98. The van der Waals surface area contributed by atoms with Crippen molar-refractivity contribution in [2.75, 3.05) is 39.5 Å². The zero-order valence-electron chi connectivity index (χ0n) is 11.5. The van der Waals surface area contributed by atoms with Gasteiger partial charge in [-0.3, -0.25) is 4.90 Å². The van der Waals surface area contributed by atoms with E-state index in [0.717, 1.165) is 26.2 Å². The van der Waals surface area contributed by atoms with Gasteiger partial charge in [0.25, 0.3) is 0 Å². The van der Waals surface area contributed by atoms with Gasteiger partial charge in [-0.25, -0.2) is 0 Å². The van der Waals surface area contributed by atoms with Crippen LogP contribution in [0.4, 0.5) is 0 Å². The Labute approximate surface area is 125 Å². The van der Waals surface area contributed by atoms with E-state index in [1.165, 1.54) is 10.5 Å². The highest BCUT2D eigenvalue weighted by Gasteiger charge is 2.25. The molecular formula is C14H21N3S2. The van der Waals surface area contributed by atoms with Crippen molar-refractivity contribution in [2.24, 2.45) is 5.73 Å². The van der Waals surface area contributed by atoms with Gasteiger partial charge in [0.1, 0.15) is 0 Å². The highest BCUT2D eigenvalue weighted by atomic mass is 32.2. The lowest BCUT2D eigenvalue weighted by atomic mass is 10.0. The van der Waals surface area contributed by atoms with Crippen LogP contribution in [-0.4, -0.2) is 54.3 Å². The first-order valence-electron chi connectivity index (χ1n) is 6.47. The summed E-state index contributed by atoms with van der Waals surface area (Å²) >= 11 is 7.04. The third-order valence-electron chi connectivity index (χ3n) is 3.60. The highest BCUT2D eigenvalue weighted by Crippen LogP contribution is 2.25. The van der Waals surface area contributed by atoms with Gasteiger partial charge < -0.3 is 10.6 Å². The molecule has 1 atom stereocenters. The molecule has 1 saturated heterocycles. The number of hydrogen-bond acceptors (Lipinski definition) is 4. The minimum atomic E-state index is 0.0691. The first-order valence-corrected chi connectivity index (χ1v) is 8.11. The fourth-order valence-corrected chi connectivity index (χ4v) is 3.11. The quantitative estimate of drug-likeness (QED) is 0.678. The second kappa shape index (κ2) is 6.70. The molecule has 0 aliphatic carbocycles. The van der Waals surface area contributed by atoms with E-state index in [2.05, 4.69) is 47.4 Å². The summed E-state index contributed by atoms with van der Waals surface area (Å²) in [5.41, 5.74) is 7.18. The smallest absolute Gasteiger partial charge is 0.0948 e. The van der Waals surface area contributed by atoms with E-state index in [1.54, 1.807) is 11.8 Å². The summed E-state index contributed by atoms with van der Waals surface area (Å²) in [5.74, 6) is 0. The molecule has 0 saturated carbocycles. The number of hydrogen-bond donors (Lipinski definition) is 1. The fraction of sp³-hybridized carbons (Fsp3) is 0.500. The molecule has 0 radical (unpaired) electrons. The third-order valence-corrected chi connectivity index (χ3v) is 4.57. The number of benzene rings is 1. The van der Waals surface area contributed by atoms with Crippen molar-refractivity contribution in [1.29, 1.82) is 0 Å². The molecule has 1 aliphatic heterocycles. The average Bonchev–Trinajstić information content (AvgIpc) is 2.42. The number of nitrogens with zero attached hydrogens (tertiary/aromatic N) is 2. The van der Waals surface area contributed by atoms with E-state index in [0.29, 0.717) is 4.99 Å². The zero-order chi connectivity index (χ0) is 13.8. The average molecular weight is 295 g/mol. The number of piperazine rings is 1. The van der Waals surface area contributed by atoms with Crippen LogP contribution in [0.5, 0.6) is 0 Å². The molecule has 1 heterocycles. The van der Waals surface area contributed by atoms with Gasteiger partial charge in [0.15, 0.2) is 0 Å². The molecule has 1 aromatic carbocycles. The van der Waals surface area contributed by atoms with Gasteiger partial charge in [0.05, 0.1) is 11.0 Å². The van der Waals surface area contributed by atoms with Crippen LogP contribution in [0, 0.1) is 0 Å². The van der Waals surface area contributed by atoms with Crippen LogP contribution in [0.15, 0.2) is 29.2 Å². The molecule has 0 spiro atoms. The summed E-state index contributed by atoms with van der Waals surface area (Å²) in [4.78, 5) is 6.56. The standard InChI is InChI=1S/C14H21N3S2/c1-16-7-9-17(10-8-16)13(14(15)18)11-3-5-12(19-2)6-4-11/h3-6,13H,7-10H2,1-2H3,(H2,15,18). The summed E-state index contributed by atoms with van der Waals surface area (Å²) in [7, 11) is 2.15. The third kappa shape index (κ3) is 3.69. The maximum absolute atomic E-state index is 5.98. The van der Waals surface area contributed by atoms with Gasteiger partial charge in [-0.15, -0.1) is 11.8 Å². The summed E-state index contributed by atoms with van der Waals surface area (Å²) in [6.45, 7) is 4.18. The van der Waals surface area contributed by atoms with Crippen LogP contribution < -0.4 is 5.73 Å². The second-order valence-corrected chi connectivity index (χ2v) is 6.27. The first-order chi connectivity index (χ1) is 9.11. The van der Waals surface area contributed by atoms with Crippen LogP contribution in [-0.2, 0) is 0 Å². The number of thiocarbonyl (C=S) groups is 1. The Hall–Kier alpha value is -0.620. The minimum absolute atomic E-state index is 0.0691. The van der Waals surface area contributed by atoms with E-state index in [-0.39, 0.29) is 6.04 Å². The van der Waals surface area contributed by atoms with Gasteiger partial charge in [0, 0.05) is 31.1 Å². The van der Waals surface area contributed by atoms with Crippen molar-refractivity contribution < 1.29 is 0 Å². The van der Waals surface area contributed by atoms with Crippen LogP contribution in [0.25, 0.3) is 0 Å². The molecule has 1 fully saturated rings. The topological polar surface area (TPSA) is 32.5 Å². The van der Waals surface area contributed by atoms with Crippen LogP contribution in [0.3, 0.4) is 0 Å². The number of likely N-dealkylation sites (N-methyl/N-ethyl adjacent to an activating group) is 1. The Kier molecular flexibility index (Phi) is 5.21. The number of rotatable bonds is 4. The molecular weight excluding hydrogens is 274 g/mol. The van der Waals surface area contributed by atoms with Gasteiger partial charge in [-0.2, -0.15) is 0 Å². The van der Waals surface area contributed by atoms with Crippen LogP contribution in [0.2, 0.25) is 0 Å². The molecule has 2 rings (SSSR count). The van der Waals surface area contributed by atoms with Crippen molar-refractivity contribution >= 4 is 29.0 Å². The molecule has 0 amide bonds. The normalized spacial score (nSPS) is 19.3. The molecule has 0 bridgehead atoms. The predicted molar refractivity (Wildman–Crippen MR) is 86.8 cm³/mol. The SMILES string of the molecule is CSc1ccc(C(C(N)=S)N2CCN(C)CC2)cc1. The molecule has 1 aliphatic rings. The molecule has 3 nitrogen and oxygen atoms in total. The maximum Gasteiger partial charge on any atom is 0.0948 e. The molecule has 1 unspecified atom stereocenters. The number of nitrogens with two attached hydrogens (primary N) is 1. The molecule has 2 N–H and O–H groups in total. The van der Waals surface area contributed by atoms with Crippen molar-refractivity contribution in [3.8, 4) is 0 Å². The van der Waals surface area contributed by atoms with Crippen molar-refractivity contribution in [2.45, 2.75) is 10.9 Å². The zero-order valence-corrected chi connectivity index (χ0v) is 13.1. The molecule has 19 heavy (non-hydrogen) atoms. The lowest BCUT2D eigenvalue weighted by Gasteiger charge is -2.37. The van der Waals surface area contributed by atoms with Crippen molar-refractivity contribution in [3.63, 3.8) is 0 Å². The van der Waals surface area contributed by atoms with Crippen molar-refractivity contribution in [1.82, 2.24) is 9.80 Å². The van der Waals surface area contributed by atoms with E-state index in [9.17, 15) is 0 Å². The summed E-state index contributed by atoms with van der Waals surface area (Å²) in [6, 6.07) is 8.64. The van der Waals surface area contributed by atoms with Gasteiger partial charge >= 0.3 is 0 Å². The summed E-state index contributed by atoms with van der Waals surface area (Å²) < 4.78 is 0. The fourth-order valence-electron chi connectivity index (χ4n) is 2.42. The summed E-state index contributed by atoms with van der Waals surface area (Å²) in [6.07, 6.45) is 2.08. The Morgan fingerprint density at radius 3 is 2.26 bits per heavy atom. The number of thioether (sulfide) groups is 1. The second-order valence-electron chi connectivity index (χ2n) is 4.92. The van der Waals surface area contributed by atoms with Gasteiger partial charge in [-0.1, -0.05) is 24.4 Å². The Morgan fingerprint density at radius 1 is 1.21 bits per heavy atom. The van der Waals surface area contributed by atoms with Gasteiger partial charge in [-0.05, 0) is 31.0 Å². The monoisotopic (exact) mass is 295 g/mol. The van der Waals surface area contributed by atoms with E-state index in [1.807, 2.05) is 0 Å². The van der Waals surface area contributed by atoms with Crippen LogP contribution >= 0.6 is 24.0 Å². The molecule has 0 aromatic heterocycles. The molecule has 5 heteroatoms. The van der Waals surface area contributed by atoms with Gasteiger partial charge in [0.2, 0.25) is 0 Å². The largest absolute Gasteiger partial charge is 0.392 e. The van der Waals surface area contributed by atoms with E-state index < -0.39 is 0 Å². The molecule has 1 aromatic rings. The van der Waals surface area contributed by atoms with Crippen LogP contribution in [0.1, 0.15) is 11.6 Å². The Morgan fingerprint density at radius 2 is 1.79 bits per heavy atom. The lowest BCUT2D eigenvalue weighted by molar-refractivity contribution is 0.137. The minimum Gasteiger partial charge on any atom is -0.392 e. The van der Waals surface area contributed by atoms with Crippen molar-refractivity contribution in [3.05, 3.63) is 29.8 Å². The van der Waals surface area contributed by atoms with E-state index in [4.69, 9.17) is 18.0 Å².